The van der Waals surface area contributed by atoms with Crippen LogP contribution in [0.1, 0.15) is 24.0 Å². The fraction of sp³-hybridized carbons (Fsp3) is 0.308. The van der Waals surface area contributed by atoms with E-state index >= 15 is 0 Å². The minimum atomic E-state index is -4.54. The number of rotatable bonds is 2. The van der Waals surface area contributed by atoms with Gasteiger partial charge in [0, 0.05) is 6.42 Å². The largest absolute Gasteiger partial charge is 0.416 e. The Morgan fingerprint density at radius 1 is 1.33 bits per heavy atom. The summed E-state index contributed by atoms with van der Waals surface area (Å²) in [5, 5.41) is 13.7. The normalized spacial score (nSPS) is 18.9. The molecule has 1 aromatic carbocycles. The number of carbonyl (C=O) groups excluding carboxylic acids is 2. The van der Waals surface area contributed by atoms with Crippen molar-refractivity contribution in [3.63, 3.8) is 0 Å². The van der Waals surface area contributed by atoms with Gasteiger partial charge in [-0.1, -0.05) is 0 Å². The van der Waals surface area contributed by atoms with Gasteiger partial charge in [0.1, 0.15) is 12.1 Å². The lowest BCUT2D eigenvalue weighted by atomic mass is 10.0. The number of alkyl halides is 3. The van der Waals surface area contributed by atoms with Crippen molar-refractivity contribution in [2.75, 3.05) is 5.32 Å². The van der Waals surface area contributed by atoms with Crippen LogP contribution in [0.2, 0.25) is 0 Å². The first-order chi connectivity index (χ1) is 9.81. The molecule has 21 heavy (non-hydrogen) atoms. The molecule has 1 atom stereocenters. The molecule has 1 aliphatic heterocycles. The molecule has 2 amide bonds. The molecule has 0 aromatic heterocycles. The molecule has 1 unspecified atom stereocenters. The molecule has 1 saturated heterocycles. The van der Waals surface area contributed by atoms with Crippen LogP contribution in [-0.4, -0.2) is 17.9 Å². The SMILES string of the molecule is N#Cc1cc(C(F)(F)F)ccc1NC1CCC(=O)NC1=O. The molecular formula is C13H10F3N3O2. The summed E-state index contributed by atoms with van der Waals surface area (Å²) in [5.74, 6) is -0.957. The number of anilines is 1. The number of nitrogens with one attached hydrogen (secondary N) is 2. The first-order valence-corrected chi connectivity index (χ1v) is 6.03. The van der Waals surface area contributed by atoms with Gasteiger partial charge in [0.25, 0.3) is 0 Å². The van der Waals surface area contributed by atoms with E-state index in [1.165, 1.54) is 0 Å². The minimum Gasteiger partial charge on any atom is -0.373 e. The number of hydrogen-bond donors (Lipinski definition) is 2. The van der Waals surface area contributed by atoms with E-state index < -0.39 is 29.6 Å². The molecule has 1 heterocycles. The quantitative estimate of drug-likeness (QED) is 0.815. The Morgan fingerprint density at radius 2 is 2.05 bits per heavy atom. The number of benzene rings is 1. The van der Waals surface area contributed by atoms with Crippen molar-refractivity contribution in [3.05, 3.63) is 29.3 Å². The van der Waals surface area contributed by atoms with Gasteiger partial charge in [-0.25, -0.2) is 0 Å². The number of halogens is 3. The van der Waals surface area contributed by atoms with Crippen molar-refractivity contribution >= 4 is 17.5 Å². The summed E-state index contributed by atoms with van der Waals surface area (Å²) < 4.78 is 37.7. The average Bonchev–Trinajstić information content (AvgIpc) is 2.41. The third kappa shape index (κ3) is 3.31. The molecule has 0 saturated carbocycles. The maximum Gasteiger partial charge on any atom is 0.416 e. The lowest BCUT2D eigenvalue weighted by Gasteiger charge is -2.23. The molecule has 8 heteroatoms. The van der Waals surface area contributed by atoms with Gasteiger partial charge >= 0.3 is 6.18 Å². The highest BCUT2D eigenvalue weighted by molar-refractivity contribution is 6.01. The Labute approximate surface area is 117 Å². The zero-order valence-corrected chi connectivity index (χ0v) is 10.6. The summed E-state index contributed by atoms with van der Waals surface area (Å²) in [6.45, 7) is 0. The van der Waals surface area contributed by atoms with E-state index in [-0.39, 0.29) is 24.1 Å². The summed E-state index contributed by atoms with van der Waals surface area (Å²) in [6.07, 6.45) is -4.19. The number of nitrogens with zero attached hydrogens (tertiary/aromatic N) is 1. The summed E-state index contributed by atoms with van der Waals surface area (Å²) in [6, 6.07) is 3.55. The second-order valence-corrected chi connectivity index (χ2v) is 4.52. The molecule has 1 aliphatic rings. The van der Waals surface area contributed by atoms with Gasteiger partial charge in [0.05, 0.1) is 16.8 Å². The highest BCUT2D eigenvalue weighted by atomic mass is 19.4. The van der Waals surface area contributed by atoms with Gasteiger partial charge in [-0.05, 0) is 24.6 Å². The monoisotopic (exact) mass is 297 g/mol. The summed E-state index contributed by atoms with van der Waals surface area (Å²) in [4.78, 5) is 22.6. The Balaban J connectivity index is 2.23. The molecule has 2 N–H and O–H groups in total. The molecule has 1 fully saturated rings. The third-order valence-electron chi connectivity index (χ3n) is 3.04. The number of carbonyl (C=O) groups is 2. The van der Waals surface area contributed by atoms with Gasteiger partial charge in [0.2, 0.25) is 11.8 Å². The van der Waals surface area contributed by atoms with E-state index in [1.54, 1.807) is 6.07 Å². The van der Waals surface area contributed by atoms with Crippen LogP contribution in [0.3, 0.4) is 0 Å². The highest BCUT2D eigenvalue weighted by Gasteiger charge is 2.32. The van der Waals surface area contributed by atoms with Gasteiger partial charge in [-0.15, -0.1) is 0 Å². The summed E-state index contributed by atoms with van der Waals surface area (Å²) >= 11 is 0. The first-order valence-electron chi connectivity index (χ1n) is 6.03. The van der Waals surface area contributed by atoms with Crippen molar-refractivity contribution in [1.29, 1.82) is 5.26 Å². The van der Waals surface area contributed by atoms with Gasteiger partial charge < -0.3 is 5.32 Å². The number of nitriles is 1. The second kappa shape index (κ2) is 5.44. The second-order valence-electron chi connectivity index (χ2n) is 4.52. The van der Waals surface area contributed by atoms with Gasteiger partial charge in [0.15, 0.2) is 0 Å². The minimum absolute atomic E-state index is 0.125. The van der Waals surface area contributed by atoms with Crippen LogP contribution >= 0.6 is 0 Å². The standard InChI is InChI=1S/C13H10F3N3O2/c14-13(15,16)8-1-2-9(7(5-8)6-17)18-10-3-4-11(20)19-12(10)21/h1-2,5,10,18H,3-4H2,(H,19,20,21). The maximum absolute atomic E-state index is 12.6. The number of hydrogen-bond acceptors (Lipinski definition) is 4. The van der Waals surface area contributed by atoms with Crippen LogP contribution in [0, 0.1) is 11.3 Å². The summed E-state index contributed by atoms with van der Waals surface area (Å²) in [7, 11) is 0. The molecule has 0 spiro atoms. The smallest absolute Gasteiger partial charge is 0.373 e. The van der Waals surface area contributed by atoms with Crippen LogP contribution < -0.4 is 10.6 Å². The molecule has 0 radical (unpaired) electrons. The van der Waals surface area contributed by atoms with Crippen LogP contribution in [0.4, 0.5) is 18.9 Å². The van der Waals surface area contributed by atoms with Crippen LogP contribution in [0.15, 0.2) is 18.2 Å². The van der Waals surface area contributed by atoms with Crippen LogP contribution in [0.5, 0.6) is 0 Å². The average molecular weight is 297 g/mol. The van der Waals surface area contributed by atoms with Crippen molar-refractivity contribution in [3.8, 4) is 6.07 Å². The predicted octanol–water partition coefficient (Wildman–Crippen LogP) is 1.79. The zero-order valence-electron chi connectivity index (χ0n) is 10.6. The Morgan fingerprint density at radius 3 is 2.62 bits per heavy atom. The summed E-state index contributed by atoms with van der Waals surface area (Å²) in [5.41, 5.74) is -1.03. The van der Waals surface area contributed by atoms with Crippen molar-refractivity contribution in [1.82, 2.24) is 5.32 Å². The van der Waals surface area contributed by atoms with Gasteiger partial charge in [-0.3, -0.25) is 14.9 Å². The van der Waals surface area contributed by atoms with Gasteiger partial charge in [-0.2, -0.15) is 18.4 Å². The number of piperidine rings is 1. The Kier molecular flexibility index (Phi) is 3.84. The zero-order chi connectivity index (χ0) is 15.6. The van der Waals surface area contributed by atoms with Crippen LogP contribution in [0.25, 0.3) is 0 Å². The molecular weight excluding hydrogens is 287 g/mol. The van der Waals surface area contributed by atoms with E-state index in [0.717, 1.165) is 12.1 Å². The van der Waals surface area contributed by atoms with E-state index in [1.807, 2.05) is 0 Å². The maximum atomic E-state index is 12.6. The Bertz CT molecular complexity index is 635. The molecule has 110 valence electrons. The van der Waals surface area contributed by atoms with Crippen molar-refractivity contribution in [2.24, 2.45) is 0 Å². The molecule has 5 nitrogen and oxygen atoms in total. The number of imide groups is 1. The molecule has 1 aromatic rings. The van der Waals surface area contributed by atoms with E-state index in [2.05, 4.69) is 10.6 Å². The van der Waals surface area contributed by atoms with Crippen molar-refractivity contribution in [2.45, 2.75) is 25.1 Å². The molecule has 2 rings (SSSR count). The van der Waals surface area contributed by atoms with E-state index in [0.29, 0.717) is 6.07 Å². The fourth-order valence-corrected chi connectivity index (χ4v) is 1.96. The fourth-order valence-electron chi connectivity index (χ4n) is 1.96. The predicted molar refractivity (Wildman–Crippen MR) is 66.0 cm³/mol. The molecule has 0 aliphatic carbocycles. The lowest BCUT2D eigenvalue weighted by molar-refractivity contribution is -0.138. The third-order valence-corrected chi connectivity index (χ3v) is 3.04. The molecule has 0 bridgehead atoms. The van der Waals surface area contributed by atoms with E-state index in [4.69, 9.17) is 5.26 Å². The lowest BCUT2D eigenvalue weighted by Crippen LogP contribution is -2.47. The van der Waals surface area contributed by atoms with Crippen LogP contribution in [-0.2, 0) is 15.8 Å². The highest BCUT2D eigenvalue weighted by Crippen LogP contribution is 2.32. The van der Waals surface area contributed by atoms with Crippen molar-refractivity contribution < 1.29 is 22.8 Å². The number of amides is 2. The topological polar surface area (TPSA) is 82.0 Å². The first kappa shape index (κ1) is 14.8. The Hall–Kier alpha value is -2.56. The van der Waals surface area contributed by atoms with E-state index in [9.17, 15) is 22.8 Å².